The van der Waals surface area contributed by atoms with Crippen molar-refractivity contribution in [1.29, 1.82) is 0 Å². The summed E-state index contributed by atoms with van der Waals surface area (Å²) < 4.78 is 1.75. The summed E-state index contributed by atoms with van der Waals surface area (Å²) >= 11 is 0. The second-order valence-electron chi connectivity index (χ2n) is 3.05. The maximum absolute atomic E-state index is 5.74. The van der Waals surface area contributed by atoms with Gasteiger partial charge in [-0.05, 0) is 19.1 Å². The highest BCUT2D eigenvalue weighted by atomic mass is 15.3. The summed E-state index contributed by atoms with van der Waals surface area (Å²) in [5.41, 5.74) is 7.62. The Labute approximate surface area is 76.5 Å². The number of nitrogen functional groups attached to an aromatic ring is 1. The SMILES string of the molecule is C=C(C)n1nc(N)c2ccccc21. The molecule has 0 radical (unpaired) electrons. The highest BCUT2D eigenvalue weighted by molar-refractivity contribution is 5.90. The predicted octanol–water partition coefficient (Wildman–Crippen LogP) is 2.11. The van der Waals surface area contributed by atoms with E-state index >= 15 is 0 Å². The molecule has 0 bridgehead atoms. The van der Waals surface area contributed by atoms with Gasteiger partial charge >= 0.3 is 0 Å². The molecule has 2 aromatic rings. The minimum Gasteiger partial charge on any atom is -0.382 e. The number of aromatic nitrogens is 2. The molecule has 0 amide bonds. The summed E-state index contributed by atoms with van der Waals surface area (Å²) in [4.78, 5) is 0. The molecule has 0 saturated heterocycles. The molecule has 1 aromatic heterocycles. The van der Waals surface area contributed by atoms with Gasteiger partial charge in [-0.25, -0.2) is 4.68 Å². The van der Waals surface area contributed by atoms with Crippen LogP contribution in [0.2, 0.25) is 0 Å². The molecule has 0 aliphatic heterocycles. The van der Waals surface area contributed by atoms with Crippen molar-refractivity contribution >= 4 is 22.4 Å². The Morgan fingerprint density at radius 3 is 2.85 bits per heavy atom. The lowest BCUT2D eigenvalue weighted by molar-refractivity contribution is 0.935. The van der Waals surface area contributed by atoms with Crippen LogP contribution < -0.4 is 5.73 Å². The standard InChI is InChI=1S/C10H11N3/c1-7(2)13-9-6-4-3-5-8(9)10(11)12-13/h3-6H,1H2,2H3,(H2,11,12). The van der Waals surface area contributed by atoms with E-state index in [1.54, 1.807) is 4.68 Å². The monoisotopic (exact) mass is 173 g/mol. The first-order valence-corrected chi connectivity index (χ1v) is 4.09. The van der Waals surface area contributed by atoms with Gasteiger partial charge in [0, 0.05) is 11.1 Å². The van der Waals surface area contributed by atoms with Gasteiger partial charge in [-0.3, -0.25) is 0 Å². The van der Waals surface area contributed by atoms with Crippen molar-refractivity contribution < 1.29 is 0 Å². The Hall–Kier alpha value is -1.77. The molecular formula is C10H11N3. The third-order valence-electron chi connectivity index (χ3n) is 1.98. The fourth-order valence-corrected chi connectivity index (χ4v) is 1.38. The molecular weight excluding hydrogens is 162 g/mol. The number of nitrogens with zero attached hydrogens (tertiary/aromatic N) is 2. The van der Waals surface area contributed by atoms with Crippen LogP contribution in [0.25, 0.3) is 16.6 Å². The third-order valence-corrected chi connectivity index (χ3v) is 1.98. The lowest BCUT2D eigenvalue weighted by Crippen LogP contribution is -1.95. The van der Waals surface area contributed by atoms with Crippen LogP contribution in [0.5, 0.6) is 0 Å². The lowest BCUT2D eigenvalue weighted by atomic mass is 10.2. The van der Waals surface area contributed by atoms with Crippen LogP contribution in [-0.2, 0) is 0 Å². The molecule has 13 heavy (non-hydrogen) atoms. The van der Waals surface area contributed by atoms with Gasteiger partial charge in [0.1, 0.15) is 0 Å². The highest BCUT2D eigenvalue weighted by Crippen LogP contribution is 2.21. The summed E-state index contributed by atoms with van der Waals surface area (Å²) in [5.74, 6) is 0.554. The Kier molecular flexibility index (Phi) is 1.59. The summed E-state index contributed by atoms with van der Waals surface area (Å²) in [6.45, 7) is 5.74. The second-order valence-corrected chi connectivity index (χ2v) is 3.05. The number of allylic oxidation sites excluding steroid dienone is 1. The Bertz CT molecular complexity index is 468. The third kappa shape index (κ3) is 1.09. The molecule has 2 N–H and O–H groups in total. The number of anilines is 1. The summed E-state index contributed by atoms with van der Waals surface area (Å²) in [6, 6.07) is 7.84. The zero-order chi connectivity index (χ0) is 9.42. The van der Waals surface area contributed by atoms with Crippen molar-refractivity contribution in [2.75, 3.05) is 5.73 Å². The number of benzene rings is 1. The molecule has 66 valence electrons. The minimum absolute atomic E-state index is 0.554. The van der Waals surface area contributed by atoms with E-state index in [0.29, 0.717) is 5.82 Å². The van der Waals surface area contributed by atoms with Crippen molar-refractivity contribution in [1.82, 2.24) is 9.78 Å². The largest absolute Gasteiger partial charge is 0.382 e. The quantitative estimate of drug-likeness (QED) is 0.717. The molecule has 3 nitrogen and oxygen atoms in total. The van der Waals surface area contributed by atoms with Gasteiger partial charge < -0.3 is 5.73 Å². The highest BCUT2D eigenvalue weighted by Gasteiger charge is 2.06. The topological polar surface area (TPSA) is 43.8 Å². The maximum Gasteiger partial charge on any atom is 0.153 e. The van der Waals surface area contributed by atoms with E-state index < -0.39 is 0 Å². The molecule has 0 spiro atoms. The van der Waals surface area contributed by atoms with Gasteiger partial charge in [0.05, 0.1) is 5.52 Å². The van der Waals surface area contributed by atoms with Gasteiger partial charge in [-0.15, -0.1) is 5.10 Å². The zero-order valence-corrected chi connectivity index (χ0v) is 7.49. The molecule has 0 fully saturated rings. The first kappa shape index (κ1) is 7.86. The molecule has 0 aliphatic carbocycles. The predicted molar refractivity (Wildman–Crippen MR) is 55.1 cm³/mol. The molecule has 0 unspecified atom stereocenters. The van der Waals surface area contributed by atoms with Crippen LogP contribution in [0, 0.1) is 0 Å². The van der Waals surface area contributed by atoms with Crippen molar-refractivity contribution in [2.45, 2.75) is 6.92 Å². The smallest absolute Gasteiger partial charge is 0.153 e. The Morgan fingerprint density at radius 2 is 2.15 bits per heavy atom. The number of fused-ring (bicyclic) bond motifs is 1. The number of hydrogen-bond donors (Lipinski definition) is 1. The van der Waals surface area contributed by atoms with Crippen LogP contribution in [0.4, 0.5) is 5.82 Å². The molecule has 0 saturated carbocycles. The van der Waals surface area contributed by atoms with E-state index in [9.17, 15) is 0 Å². The van der Waals surface area contributed by atoms with Gasteiger partial charge in [-0.1, -0.05) is 18.7 Å². The van der Waals surface area contributed by atoms with Gasteiger partial charge in [-0.2, -0.15) is 0 Å². The number of rotatable bonds is 1. The van der Waals surface area contributed by atoms with Crippen molar-refractivity contribution in [3.63, 3.8) is 0 Å². The first-order chi connectivity index (χ1) is 6.20. The number of nitrogens with two attached hydrogens (primary N) is 1. The minimum atomic E-state index is 0.554. The van der Waals surface area contributed by atoms with Crippen molar-refractivity contribution in [2.24, 2.45) is 0 Å². The van der Waals surface area contributed by atoms with Crippen LogP contribution in [0.15, 0.2) is 30.8 Å². The first-order valence-electron chi connectivity index (χ1n) is 4.09. The van der Waals surface area contributed by atoms with Crippen LogP contribution in [-0.4, -0.2) is 9.78 Å². The number of para-hydroxylation sites is 1. The molecule has 3 heteroatoms. The molecule has 0 aliphatic rings. The summed E-state index contributed by atoms with van der Waals surface area (Å²) in [6.07, 6.45) is 0. The summed E-state index contributed by atoms with van der Waals surface area (Å²) in [5, 5.41) is 5.16. The van der Waals surface area contributed by atoms with Crippen LogP contribution in [0.1, 0.15) is 6.92 Å². The van der Waals surface area contributed by atoms with E-state index in [1.807, 2.05) is 31.2 Å². The van der Waals surface area contributed by atoms with E-state index in [-0.39, 0.29) is 0 Å². The van der Waals surface area contributed by atoms with E-state index in [1.165, 1.54) is 0 Å². The molecule has 1 aromatic carbocycles. The van der Waals surface area contributed by atoms with E-state index in [2.05, 4.69) is 11.7 Å². The number of hydrogen-bond acceptors (Lipinski definition) is 2. The van der Waals surface area contributed by atoms with Gasteiger partial charge in [0.2, 0.25) is 0 Å². The van der Waals surface area contributed by atoms with Gasteiger partial charge in [0.25, 0.3) is 0 Å². The molecule has 1 heterocycles. The van der Waals surface area contributed by atoms with Gasteiger partial charge in [0.15, 0.2) is 5.82 Å². The van der Waals surface area contributed by atoms with E-state index in [4.69, 9.17) is 5.73 Å². The fraction of sp³-hybridized carbons (Fsp3) is 0.100. The molecule has 2 rings (SSSR count). The second kappa shape index (κ2) is 2.62. The van der Waals surface area contributed by atoms with Crippen molar-refractivity contribution in [3.05, 3.63) is 30.8 Å². The summed E-state index contributed by atoms with van der Waals surface area (Å²) in [7, 11) is 0. The average Bonchev–Trinajstić information content (AvgIpc) is 2.45. The normalized spacial score (nSPS) is 10.5. The average molecular weight is 173 g/mol. The van der Waals surface area contributed by atoms with E-state index in [0.717, 1.165) is 16.6 Å². The van der Waals surface area contributed by atoms with Crippen molar-refractivity contribution in [3.8, 4) is 0 Å². The Balaban J connectivity index is 2.85. The Morgan fingerprint density at radius 1 is 1.46 bits per heavy atom. The van der Waals surface area contributed by atoms with Crippen LogP contribution in [0.3, 0.4) is 0 Å². The zero-order valence-electron chi connectivity index (χ0n) is 7.49. The lowest BCUT2D eigenvalue weighted by Gasteiger charge is -1.99. The van der Waals surface area contributed by atoms with Crippen LogP contribution >= 0.6 is 0 Å². The molecule has 0 atom stereocenters. The maximum atomic E-state index is 5.74. The fourth-order valence-electron chi connectivity index (χ4n) is 1.38.